The zero-order chi connectivity index (χ0) is 14.8. The van der Waals surface area contributed by atoms with Crippen LogP contribution in [0.1, 0.15) is 40.0 Å². The van der Waals surface area contributed by atoms with Crippen LogP contribution in [0.25, 0.3) is 5.65 Å². The standard InChI is InChI=1S/C16H25N5/c1-4-17-14-10-21-8-7-18-16(21)15(20-14)19-13-6-5-11(2)12(3)9-13/h7-8,10-13,17H,4-6,9H2,1-3H3,(H,19,20). The third kappa shape index (κ3) is 2.96. The first kappa shape index (κ1) is 14.2. The van der Waals surface area contributed by atoms with Crippen LogP contribution < -0.4 is 10.6 Å². The Kier molecular flexibility index (Phi) is 3.99. The molecule has 114 valence electrons. The maximum atomic E-state index is 4.70. The van der Waals surface area contributed by atoms with Crippen LogP contribution in [0.3, 0.4) is 0 Å². The second kappa shape index (κ2) is 5.92. The third-order valence-electron chi connectivity index (χ3n) is 4.67. The first-order valence-corrected chi connectivity index (χ1v) is 8.01. The van der Waals surface area contributed by atoms with Gasteiger partial charge in [0.25, 0.3) is 0 Å². The smallest absolute Gasteiger partial charge is 0.180 e. The van der Waals surface area contributed by atoms with Crippen molar-refractivity contribution in [1.82, 2.24) is 14.4 Å². The van der Waals surface area contributed by atoms with E-state index in [0.717, 1.165) is 35.7 Å². The molecule has 2 heterocycles. The van der Waals surface area contributed by atoms with Crippen molar-refractivity contribution in [2.45, 2.75) is 46.1 Å². The minimum atomic E-state index is 0.501. The molecular weight excluding hydrogens is 262 g/mol. The van der Waals surface area contributed by atoms with Gasteiger partial charge in [-0.2, -0.15) is 0 Å². The van der Waals surface area contributed by atoms with Gasteiger partial charge < -0.3 is 15.0 Å². The molecule has 5 nitrogen and oxygen atoms in total. The molecule has 1 aliphatic rings. The Morgan fingerprint density at radius 1 is 1.29 bits per heavy atom. The predicted octanol–water partition coefficient (Wildman–Crippen LogP) is 3.40. The van der Waals surface area contributed by atoms with Gasteiger partial charge in [-0.3, -0.25) is 0 Å². The van der Waals surface area contributed by atoms with E-state index in [1.807, 2.05) is 23.0 Å². The lowest BCUT2D eigenvalue weighted by Gasteiger charge is -2.32. The van der Waals surface area contributed by atoms with Crippen molar-refractivity contribution in [2.24, 2.45) is 11.8 Å². The Morgan fingerprint density at radius 3 is 2.90 bits per heavy atom. The summed E-state index contributed by atoms with van der Waals surface area (Å²) >= 11 is 0. The van der Waals surface area contributed by atoms with Crippen molar-refractivity contribution < 1.29 is 0 Å². The molecule has 0 aromatic carbocycles. The van der Waals surface area contributed by atoms with Crippen LogP contribution in [0, 0.1) is 11.8 Å². The average Bonchev–Trinajstić information content (AvgIpc) is 2.92. The number of hydrogen-bond donors (Lipinski definition) is 2. The molecule has 0 spiro atoms. The van der Waals surface area contributed by atoms with E-state index in [1.165, 1.54) is 19.3 Å². The van der Waals surface area contributed by atoms with E-state index in [1.54, 1.807) is 0 Å². The minimum absolute atomic E-state index is 0.501. The van der Waals surface area contributed by atoms with Crippen LogP contribution in [-0.4, -0.2) is 27.0 Å². The van der Waals surface area contributed by atoms with E-state index in [0.29, 0.717) is 6.04 Å². The monoisotopic (exact) mass is 287 g/mol. The van der Waals surface area contributed by atoms with E-state index in [4.69, 9.17) is 4.98 Å². The Labute approximate surface area is 126 Å². The van der Waals surface area contributed by atoms with Crippen molar-refractivity contribution in [3.05, 3.63) is 18.6 Å². The number of anilines is 2. The molecule has 3 rings (SSSR count). The summed E-state index contributed by atoms with van der Waals surface area (Å²) in [5.74, 6) is 3.38. The molecule has 1 aliphatic carbocycles. The Bertz CT molecular complexity index is 606. The topological polar surface area (TPSA) is 54.2 Å². The van der Waals surface area contributed by atoms with Crippen LogP contribution in [0.2, 0.25) is 0 Å². The van der Waals surface area contributed by atoms with E-state index >= 15 is 0 Å². The fourth-order valence-corrected chi connectivity index (χ4v) is 3.17. The highest BCUT2D eigenvalue weighted by molar-refractivity contribution is 5.65. The molecule has 0 saturated heterocycles. The zero-order valence-corrected chi connectivity index (χ0v) is 13.1. The number of nitrogens with zero attached hydrogens (tertiary/aromatic N) is 3. The minimum Gasteiger partial charge on any atom is -0.369 e. The normalized spacial score (nSPS) is 26.0. The molecule has 0 bridgehead atoms. The predicted molar refractivity (Wildman–Crippen MR) is 86.7 cm³/mol. The van der Waals surface area contributed by atoms with Crippen molar-refractivity contribution in [3.8, 4) is 0 Å². The number of hydrogen-bond acceptors (Lipinski definition) is 4. The molecule has 2 aromatic rings. The number of aromatic nitrogens is 3. The summed E-state index contributed by atoms with van der Waals surface area (Å²) in [6, 6.07) is 0.501. The second-order valence-electron chi connectivity index (χ2n) is 6.27. The van der Waals surface area contributed by atoms with Gasteiger partial charge in [0.15, 0.2) is 11.5 Å². The van der Waals surface area contributed by atoms with Crippen LogP contribution in [0.4, 0.5) is 11.6 Å². The molecule has 0 aliphatic heterocycles. The molecule has 21 heavy (non-hydrogen) atoms. The Hall–Kier alpha value is -1.78. The van der Waals surface area contributed by atoms with Crippen LogP contribution >= 0.6 is 0 Å². The lowest BCUT2D eigenvalue weighted by Crippen LogP contribution is -2.31. The molecule has 1 fully saturated rings. The van der Waals surface area contributed by atoms with Crippen molar-refractivity contribution in [3.63, 3.8) is 0 Å². The summed E-state index contributed by atoms with van der Waals surface area (Å²) < 4.78 is 2.03. The summed E-state index contributed by atoms with van der Waals surface area (Å²) in [6.07, 6.45) is 9.49. The Balaban J connectivity index is 1.83. The lowest BCUT2D eigenvalue weighted by molar-refractivity contribution is 0.260. The summed E-state index contributed by atoms with van der Waals surface area (Å²) in [6.45, 7) is 7.66. The average molecular weight is 287 g/mol. The zero-order valence-electron chi connectivity index (χ0n) is 13.1. The van der Waals surface area contributed by atoms with Crippen molar-refractivity contribution >= 4 is 17.3 Å². The van der Waals surface area contributed by atoms with Crippen LogP contribution in [0.15, 0.2) is 18.6 Å². The van der Waals surface area contributed by atoms with Gasteiger partial charge >= 0.3 is 0 Å². The highest BCUT2D eigenvalue weighted by atomic mass is 15.2. The Morgan fingerprint density at radius 2 is 2.14 bits per heavy atom. The second-order valence-corrected chi connectivity index (χ2v) is 6.27. The maximum Gasteiger partial charge on any atom is 0.180 e. The van der Waals surface area contributed by atoms with E-state index < -0.39 is 0 Å². The van der Waals surface area contributed by atoms with Crippen molar-refractivity contribution in [2.75, 3.05) is 17.2 Å². The molecular formula is C16H25N5. The fraction of sp³-hybridized carbons (Fsp3) is 0.625. The highest BCUT2D eigenvalue weighted by Gasteiger charge is 2.25. The quantitative estimate of drug-likeness (QED) is 0.905. The van der Waals surface area contributed by atoms with Crippen LogP contribution in [0.5, 0.6) is 0 Å². The van der Waals surface area contributed by atoms with E-state index in [9.17, 15) is 0 Å². The number of imidazole rings is 1. The molecule has 2 N–H and O–H groups in total. The number of fused-ring (bicyclic) bond motifs is 1. The van der Waals surface area contributed by atoms with E-state index in [-0.39, 0.29) is 0 Å². The maximum absolute atomic E-state index is 4.70. The molecule has 3 unspecified atom stereocenters. The molecule has 3 atom stereocenters. The van der Waals surface area contributed by atoms with Crippen LogP contribution in [-0.2, 0) is 0 Å². The highest BCUT2D eigenvalue weighted by Crippen LogP contribution is 2.31. The van der Waals surface area contributed by atoms with Gasteiger partial charge in [-0.1, -0.05) is 13.8 Å². The van der Waals surface area contributed by atoms with Gasteiger partial charge in [-0.25, -0.2) is 9.97 Å². The summed E-state index contributed by atoms with van der Waals surface area (Å²) in [5.41, 5.74) is 0.905. The largest absolute Gasteiger partial charge is 0.369 e. The molecule has 0 radical (unpaired) electrons. The van der Waals surface area contributed by atoms with Gasteiger partial charge in [-0.15, -0.1) is 0 Å². The summed E-state index contributed by atoms with van der Waals surface area (Å²) in [7, 11) is 0. The van der Waals surface area contributed by atoms with Gasteiger partial charge in [0.2, 0.25) is 0 Å². The first-order chi connectivity index (χ1) is 10.2. The van der Waals surface area contributed by atoms with Gasteiger partial charge in [0, 0.05) is 25.0 Å². The lowest BCUT2D eigenvalue weighted by atomic mass is 9.79. The number of rotatable bonds is 4. The summed E-state index contributed by atoms with van der Waals surface area (Å²) in [5, 5.41) is 6.91. The molecule has 0 amide bonds. The molecule has 1 saturated carbocycles. The molecule has 2 aromatic heterocycles. The molecule has 5 heteroatoms. The number of nitrogens with one attached hydrogen (secondary N) is 2. The first-order valence-electron chi connectivity index (χ1n) is 8.01. The van der Waals surface area contributed by atoms with Gasteiger partial charge in [0.1, 0.15) is 5.82 Å². The fourth-order valence-electron chi connectivity index (χ4n) is 3.17. The third-order valence-corrected chi connectivity index (χ3v) is 4.67. The van der Waals surface area contributed by atoms with Gasteiger partial charge in [0.05, 0.1) is 6.20 Å². The van der Waals surface area contributed by atoms with Gasteiger partial charge in [-0.05, 0) is 38.0 Å². The van der Waals surface area contributed by atoms with E-state index in [2.05, 4.69) is 36.4 Å². The van der Waals surface area contributed by atoms with Crippen molar-refractivity contribution in [1.29, 1.82) is 0 Å². The SMILES string of the molecule is CCNc1cn2ccnc2c(NC2CCC(C)C(C)C2)n1. The summed E-state index contributed by atoms with van der Waals surface area (Å²) in [4.78, 5) is 9.13.